The van der Waals surface area contributed by atoms with Gasteiger partial charge in [0.05, 0.1) is 18.5 Å². The largest absolute Gasteiger partial charge is 0.497 e. The van der Waals surface area contributed by atoms with Crippen molar-refractivity contribution in [2.24, 2.45) is 5.92 Å². The minimum atomic E-state index is -0.208. The lowest BCUT2D eigenvalue weighted by atomic mass is 10.1. The van der Waals surface area contributed by atoms with E-state index < -0.39 is 0 Å². The lowest BCUT2D eigenvalue weighted by Crippen LogP contribution is -2.16. The molecule has 0 aliphatic heterocycles. The number of benzene rings is 1. The van der Waals surface area contributed by atoms with Crippen LogP contribution in [0.1, 0.15) is 19.5 Å². The predicted octanol–water partition coefficient (Wildman–Crippen LogP) is 1.95. The first-order valence-corrected chi connectivity index (χ1v) is 6.26. The Morgan fingerprint density at radius 3 is 2.47 bits per heavy atom. The van der Waals surface area contributed by atoms with E-state index in [2.05, 4.69) is 18.9 Å². The molecule has 5 nitrogen and oxygen atoms in total. The van der Waals surface area contributed by atoms with Crippen molar-refractivity contribution in [2.75, 3.05) is 12.8 Å². The maximum absolute atomic E-state index is 12.1. The minimum Gasteiger partial charge on any atom is -0.497 e. The number of nitrogens with zero attached hydrogens (tertiary/aromatic N) is 1. The maximum atomic E-state index is 12.1. The number of aromatic amines is 1. The summed E-state index contributed by atoms with van der Waals surface area (Å²) in [5, 5.41) is 3.07. The smallest absolute Gasteiger partial charge is 0.294 e. The summed E-state index contributed by atoms with van der Waals surface area (Å²) in [6.07, 6.45) is 0.754. The summed E-state index contributed by atoms with van der Waals surface area (Å²) in [7, 11) is 1.61. The summed E-state index contributed by atoms with van der Waals surface area (Å²) in [5.74, 6) is 1.18. The van der Waals surface area contributed by atoms with Crippen LogP contribution in [0.25, 0.3) is 5.69 Å². The van der Waals surface area contributed by atoms with Gasteiger partial charge in [-0.1, -0.05) is 13.8 Å². The molecular weight excluding hydrogens is 242 g/mol. The van der Waals surface area contributed by atoms with E-state index in [1.165, 1.54) is 4.68 Å². The van der Waals surface area contributed by atoms with Crippen molar-refractivity contribution in [2.45, 2.75) is 20.3 Å². The first-order valence-electron chi connectivity index (χ1n) is 6.26. The third-order valence-electron chi connectivity index (χ3n) is 2.95. The van der Waals surface area contributed by atoms with Crippen LogP contribution in [0.3, 0.4) is 0 Å². The van der Waals surface area contributed by atoms with Gasteiger partial charge in [-0.3, -0.25) is 9.89 Å². The Balaban J connectivity index is 2.41. The Morgan fingerprint density at radius 2 is 1.95 bits per heavy atom. The highest BCUT2D eigenvalue weighted by Gasteiger charge is 2.13. The van der Waals surface area contributed by atoms with Crippen molar-refractivity contribution in [3.63, 3.8) is 0 Å². The molecule has 3 N–H and O–H groups in total. The molecule has 0 amide bonds. The zero-order valence-corrected chi connectivity index (χ0v) is 11.4. The van der Waals surface area contributed by atoms with Crippen molar-refractivity contribution < 1.29 is 4.74 Å². The number of hydrogen-bond acceptors (Lipinski definition) is 3. The Hall–Kier alpha value is -2.17. The van der Waals surface area contributed by atoms with Crippen LogP contribution in [0.4, 0.5) is 5.69 Å². The second kappa shape index (κ2) is 5.22. The number of hydrogen-bond donors (Lipinski definition) is 2. The molecule has 0 fully saturated rings. The molecule has 0 saturated carbocycles. The topological polar surface area (TPSA) is 73.0 Å². The van der Waals surface area contributed by atoms with E-state index in [0.29, 0.717) is 11.6 Å². The Kier molecular flexibility index (Phi) is 3.64. The first-order chi connectivity index (χ1) is 9.02. The monoisotopic (exact) mass is 261 g/mol. The Bertz CT molecular complexity index is 609. The number of rotatable bonds is 4. The first kappa shape index (κ1) is 13.3. The van der Waals surface area contributed by atoms with E-state index in [-0.39, 0.29) is 5.56 Å². The van der Waals surface area contributed by atoms with Crippen molar-refractivity contribution in [3.8, 4) is 11.4 Å². The van der Waals surface area contributed by atoms with E-state index in [1.807, 2.05) is 12.1 Å². The highest BCUT2D eigenvalue weighted by atomic mass is 16.5. The number of nitrogens with one attached hydrogen (secondary N) is 1. The maximum Gasteiger partial charge on any atom is 0.294 e. The average molecular weight is 261 g/mol. The third kappa shape index (κ3) is 2.65. The molecule has 0 aliphatic rings. The number of ether oxygens (including phenoxy) is 1. The highest BCUT2D eigenvalue weighted by Crippen LogP contribution is 2.16. The van der Waals surface area contributed by atoms with Crippen LogP contribution in [0, 0.1) is 5.92 Å². The molecule has 1 aromatic carbocycles. The Morgan fingerprint density at radius 1 is 1.32 bits per heavy atom. The van der Waals surface area contributed by atoms with Gasteiger partial charge in [0.2, 0.25) is 0 Å². The van der Waals surface area contributed by atoms with Crippen LogP contribution in [-0.2, 0) is 6.42 Å². The zero-order chi connectivity index (χ0) is 14.0. The van der Waals surface area contributed by atoms with Crippen LogP contribution in [-0.4, -0.2) is 16.9 Å². The fraction of sp³-hybridized carbons (Fsp3) is 0.357. The fourth-order valence-corrected chi connectivity index (χ4v) is 1.97. The van der Waals surface area contributed by atoms with E-state index in [4.69, 9.17) is 10.5 Å². The van der Waals surface area contributed by atoms with E-state index in [9.17, 15) is 4.79 Å². The van der Waals surface area contributed by atoms with Crippen molar-refractivity contribution in [1.29, 1.82) is 0 Å². The van der Waals surface area contributed by atoms with Gasteiger partial charge in [-0.25, -0.2) is 4.68 Å². The van der Waals surface area contributed by atoms with Gasteiger partial charge < -0.3 is 10.5 Å². The summed E-state index contributed by atoms with van der Waals surface area (Å²) in [6.45, 7) is 4.17. The second-order valence-electron chi connectivity index (χ2n) is 4.94. The third-order valence-corrected chi connectivity index (χ3v) is 2.95. The van der Waals surface area contributed by atoms with Crippen LogP contribution in [0.15, 0.2) is 29.1 Å². The van der Waals surface area contributed by atoms with Gasteiger partial charge in [0.15, 0.2) is 0 Å². The molecule has 0 saturated heterocycles. The minimum absolute atomic E-state index is 0.208. The number of methoxy groups -OCH3 is 1. The molecule has 102 valence electrons. The SMILES string of the molecule is COc1ccc(-n2[nH]c(CC(C)C)c(N)c2=O)cc1. The van der Waals surface area contributed by atoms with Gasteiger partial charge in [0.1, 0.15) is 11.4 Å². The number of H-pyrrole nitrogens is 1. The van der Waals surface area contributed by atoms with Crippen molar-refractivity contribution in [1.82, 2.24) is 9.78 Å². The summed E-state index contributed by atoms with van der Waals surface area (Å²) in [6, 6.07) is 7.24. The second-order valence-corrected chi connectivity index (χ2v) is 4.94. The van der Waals surface area contributed by atoms with Crippen molar-refractivity contribution >= 4 is 5.69 Å². The molecule has 0 spiro atoms. The molecule has 2 aromatic rings. The normalized spacial score (nSPS) is 10.9. The van der Waals surface area contributed by atoms with E-state index in [1.54, 1.807) is 19.2 Å². The van der Waals surface area contributed by atoms with Gasteiger partial charge in [-0.05, 0) is 36.6 Å². The van der Waals surface area contributed by atoms with Crippen LogP contribution in [0.2, 0.25) is 0 Å². The van der Waals surface area contributed by atoms with Gasteiger partial charge in [-0.2, -0.15) is 0 Å². The predicted molar refractivity (Wildman–Crippen MR) is 75.9 cm³/mol. The molecule has 0 bridgehead atoms. The van der Waals surface area contributed by atoms with Gasteiger partial charge in [0, 0.05) is 0 Å². The molecule has 1 heterocycles. The summed E-state index contributed by atoms with van der Waals surface area (Å²) >= 11 is 0. The number of anilines is 1. The molecule has 19 heavy (non-hydrogen) atoms. The standard InChI is InChI=1S/C14H19N3O2/c1-9(2)8-12-13(15)14(18)17(16-12)10-4-6-11(19-3)7-5-10/h4-7,9,16H,8,15H2,1-3H3. The highest BCUT2D eigenvalue weighted by molar-refractivity contribution is 5.45. The summed E-state index contributed by atoms with van der Waals surface area (Å²) in [4.78, 5) is 12.1. The van der Waals surface area contributed by atoms with Gasteiger partial charge in [-0.15, -0.1) is 0 Å². The van der Waals surface area contributed by atoms with E-state index in [0.717, 1.165) is 23.6 Å². The lowest BCUT2D eigenvalue weighted by molar-refractivity contribution is 0.414. The van der Waals surface area contributed by atoms with Gasteiger partial charge >= 0.3 is 0 Å². The van der Waals surface area contributed by atoms with Gasteiger partial charge in [0.25, 0.3) is 5.56 Å². The number of nitrogens with two attached hydrogens (primary N) is 1. The fourth-order valence-electron chi connectivity index (χ4n) is 1.97. The number of aromatic nitrogens is 2. The number of nitrogen functional groups attached to an aromatic ring is 1. The van der Waals surface area contributed by atoms with Crippen LogP contribution in [0.5, 0.6) is 5.75 Å². The molecule has 0 atom stereocenters. The molecule has 5 heteroatoms. The lowest BCUT2D eigenvalue weighted by Gasteiger charge is -2.04. The summed E-state index contributed by atoms with van der Waals surface area (Å²) in [5.41, 5.74) is 7.47. The zero-order valence-electron chi connectivity index (χ0n) is 11.4. The molecule has 0 aliphatic carbocycles. The van der Waals surface area contributed by atoms with Crippen LogP contribution >= 0.6 is 0 Å². The quantitative estimate of drug-likeness (QED) is 0.883. The summed E-state index contributed by atoms with van der Waals surface area (Å²) < 4.78 is 6.56. The Labute approximate surface area is 112 Å². The average Bonchev–Trinajstić information content (AvgIpc) is 2.67. The van der Waals surface area contributed by atoms with Crippen LogP contribution < -0.4 is 16.0 Å². The molecular formula is C14H19N3O2. The molecule has 0 radical (unpaired) electrons. The molecule has 1 aromatic heterocycles. The molecule has 2 rings (SSSR count). The molecule has 0 unspecified atom stereocenters. The van der Waals surface area contributed by atoms with Crippen molar-refractivity contribution in [3.05, 3.63) is 40.3 Å². The van der Waals surface area contributed by atoms with E-state index >= 15 is 0 Å².